The summed E-state index contributed by atoms with van der Waals surface area (Å²) in [6.45, 7) is 0. The van der Waals surface area contributed by atoms with E-state index < -0.39 is 0 Å². The van der Waals surface area contributed by atoms with Crippen molar-refractivity contribution in [2.45, 2.75) is 0 Å². The predicted molar refractivity (Wildman–Crippen MR) is 114 cm³/mol. The Morgan fingerprint density at radius 1 is 1.21 bits per heavy atom. The van der Waals surface area contributed by atoms with Gasteiger partial charge in [-0.15, -0.1) is 0 Å². The highest BCUT2D eigenvalue weighted by molar-refractivity contribution is 14.1. The summed E-state index contributed by atoms with van der Waals surface area (Å²) in [5.74, 6) is 0.864. The molecular weight excluding hydrogens is 550 g/mol. The number of methoxy groups -OCH3 is 1. The molecular formula is C17H10I2N2O2S. The van der Waals surface area contributed by atoms with Crippen LogP contribution >= 0.6 is 56.5 Å². The molecule has 0 fully saturated rings. The summed E-state index contributed by atoms with van der Waals surface area (Å²) >= 11 is 5.90. The van der Waals surface area contributed by atoms with Gasteiger partial charge in [0.2, 0.25) is 0 Å². The molecule has 0 unspecified atom stereocenters. The van der Waals surface area contributed by atoms with E-state index in [4.69, 9.17) is 4.74 Å². The molecule has 0 aliphatic carbocycles. The summed E-state index contributed by atoms with van der Waals surface area (Å²) < 4.78 is 9.79. The van der Waals surface area contributed by atoms with Crippen LogP contribution in [0.3, 0.4) is 0 Å². The Morgan fingerprint density at radius 3 is 2.62 bits per heavy atom. The number of imidazole rings is 1. The second kappa shape index (κ2) is 6.26. The van der Waals surface area contributed by atoms with E-state index in [1.807, 2.05) is 42.5 Å². The first-order chi connectivity index (χ1) is 11.6. The smallest absolute Gasteiger partial charge is 0.274 e. The Balaban J connectivity index is 1.95. The molecule has 0 saturated heterocycles. The van der Waals surface area contributed by atoms with Gasteiger partial charge in [0, 0.05) is 0 Å². The average Bonchev–Trinajstić information content (AvgIpc) is 3.04. The minimum atomic E-state index is -0.0236. The third-order valence-electron chi connectivity index (χ3n) is 3.67. The van der Waals surface area contributed by atoms with Gasteiger partial charge in [0.1, 0.15) is 5.75 Å². The molecule has 24 heavy (non-hydrogen) atoms. The van der Waals surface area contributed by atoms with Crippen molar-refractivity contribution in [1.29, 1.82) is 0 Å². The molecule has 0 spiro atoms. The third-order valence-corrected chi connectivity index (χ3v) is 6.24. The zero-order valence-corrected chi connectivity index (χ0v) is 17.5. The van der Waals surface area contributed by atoms with E-state index in [0.29, 0.717) is 4.53 Å². The number of benzene rings is 2. The lowest BCUT2D eigenvalue weighted by Crippen LogP contribution is -2.22. The van der Waals surface area contributed by atoms with Crippen molar-refractivity contribution < 1.29 is 4.74 Å². The number of rotatable bonds is 2. The molecule has 0 aliphatic heterocycles. The lowest BCUT2D eigenvalue weighted by Gasteiger charge is -2.06. The van der Waals surface area contributed by atoms with Gasteiger partial charge in [-0.25, -0.2) is 9.38 Å². The maximum Gasteiger partial charge on any atom is 0.274 e. The molecule has 0 bridgehead atoms. The van der Waals surface area contributed by atoms with Crippen LogP contribution in [0, 0.1) is 7.14 Å². The van der Waals surface area contributed by atoms with E-state index >= 15 is 0 Å². The Labute approximate surface area is 168 Å². The van der Waals surface area contributed by atoms with Crippen LogP contribution in [0.1, 0.15) is 5.56 Å². The molecule has 4 rings (SSSR count). The number of aromatic nitrogens is 2. The van der Waals surface area contributed by atoms with Gasteiger partial charge in [-0.05, 0) is 81.1 Å². The molecule has 2 heterocycles. The number of fused-ring (bicyclic) bond motifs is 3. The van der Waals surface area contributed by atoms with E-state index in [2.05, 4.69) is 50.2 Å². The van der Waals surface area contributed by atoms with Crippen LogP contribution in [0.2, 0.25) is 0 Å². The van der Waals surface area contributed by atoms with Crippen LogP contribution in [0.25, 0.3) is 22.1 Å². The van der Waals surface area contributed by atoms with Gasteiger partial charge in [0.15, 0.2) is 4.96 Å². The highest BCUT2D eigenvalue weighted by Crippen LogP contribution is 2.28. The van der Waals surface area contributed by atoms with Crippen molar-refractivity contribution in [3.05, 3.63) is 64.0 Å². The molecule has 120 valence electrons. The first-order valence-corrected chi connectivity index (χ1v) is 10.0. The number of halogens is 2. The van der Waals surface area contributed by atoms with Crippen molar-refractivity contribution in [2.24, 2.45) is 0 Å². The highest BCUT2D eigenvalue weighted by atomic mass is 127. The number of nitrogens with zero attached hydrogens (tertiary/aromatic N) is 2. The molecule has 0 amide bonds. The fraction of sp³-hybridized carbons (Fsp3) is 0.0588. The zero-order valence-electron chi connectivity index (χ0n) is 12.4. The van der Waals surface area contributed by atoms with Gasteiger partial charge < -0.3 is 4.74 Å². The molecule has 7 heteroatoms. The fourth-order valence-electron chi connectivity index (χ4n) is 2.62. The van der Waals surface area contributed by atoms with Crippen molar-refractivity contribution >= 4 is 78.6 Å². The standard InChI is InChI=1S/C17H10I2N2O2S/c1-23-15-10(18)6-9(7-11(15)19)8-14-16(22)21-13-5-3-2-4-12(13)20-17(21)24-14/h2-8H,1H3/b14-8+. The van der Waals surface area contributed by atoms with Crippen molar-refractivity contribution in [2.75, 3.05) is 7.11 Å². The van der Waals surface area contributed by atoms with Crippen molar-refractivity contribution in [3.8, 4) is 5.75 Å². The van der Waals surface area contributed by atoms with E-state index in [1.165, 1.54) is 11.3 Å². The van der Waals surface area contributed by atoms with Gasteiger partial charge in [0.25, 0.3) is 5.56 Å². The summed E-state index contributed by atoms with van der Waals surface area (Å²) in [7, 11) is 1.66. The fourth-order valence-corrected chi connectivity index (χ4v) is 5.86. The quantitative estimate of drug-likeness (QED) is 0.352. The van der Waals surface area contributed by atoms with Crippen LogP contribution in [-0.4, -0.2) is 16.5 Å². The SMILES string of the molecule is COc1c(I)cc(/C=c2/sc3nc4ccccc4n3c2=O)cc1I. The summed E-state index contributed by atoms with van der Waals surface area (Å²) in [5, 5.41) is 0. The number of para-hydroxylation sites is 2. The lowest BCUT2D eigenvalue weighted by molar-refractivity contribution is 0.409. The molecule has 4 aromatic rings. The van der Waals surface area contributed by atoms with E-state index in [0.717, 1.165) is 34.4 Å². The first-order valence-electron chi connectivity index (χ1n) is 7.03. The molecule has 0 saturated carbocycles. The van der Waals surface area contributed by atoms with Gasteiger partial charge >= 0.3 is 0 Å². The Hall–Kier alpha value is -1.20. The minimum absolute atomic E-state index is 0.0236. The van der Waals surface area contributed by atoms with Crippen LogP contribution in [0.5, 0.6) is 5.75 Å². The summed E-state index contributed by atoms with van der Waals surface area (Å²) in [6, 6.07) is 11.7. The number of ether oxygens (including phenoxy) is 1. The van der Waals surface area contributed by atoms with Crippen LogP contribution < -0.4 is 14.8 Å². The summed E-state index contributed by atoms with van der Waals surface area (Å²) in [4.78, 5) is 18.0. The predicted octanol–water partition coefficient (Wildman–Crippen LogP) is 3.67. The molecule has 2 aromatic heterocycles. The van der Waals surface area contributed by atoms with Crippen LogP contribution in [-0.2, 0) is 0 Å². The lowest BCUT2D eigenvalue weighted by atomic mass is 10.2. The van der Waals surface area contributed by atoms with Crippen LogP contribution in [0.4, 0.5) is 0 Å². The topological polar surface area (TPSA) is 43.6 Å². The highest BCUT2D eigenvalue weighted by Gasteiger charge is 2.11. The number of hydrogen-bond acceptors (Lipinski definition) is 4. The third kappa shape index (κ3) is 2.62. The second-order valence-corrected chi connectivity index (χ2v) is 8.49. The molecule has 2 aromatic carbocycles. The Bertz CT molecular complexity index is 1170. The molecule has 0 radical (unpaired) electrons. The average molecular weight is 560 g/mol. The molecule has 0 N–H and O–H groups in total. The van der Waals surface area contributed by atoms with E-state index in [-0.39, 0.29) is 5.56 Å². The van der Waals surface area contributed by atoms with Gasteiger partial charge in [-0.3, -0.25) is 4.79 Å². The van der Waals surface area contributed by atoms with Gasteiger partial charge in [-0.1, -0.05) is 23.5 Å². The normalized spacial score (nSPS) is 12.4. The van der Waals surface area contributed by atoms with Crippen molar-refractivity contribution in [1.82, 2.24) is 9.38 Å². The monoisotopic (exact) mass is 560 g/mol. The largest absolute Gasteiger partial charge is 0.495 e. The van der Waals surface area contributed by atoms with Crippen molar-refractivity contribution in [3.63, 3.8) is 0 Å². The minimum Gasteiger partial charge on any atom is -0.495 e. The van der Waals surface area contributed by atoms with E-state index in [9.17, 15) is 4.79 Å². The molecule has 0 atom stereocenters. The maximum absolute atomic E-state index is 12.8. The van der Waals surface area contributed by atoms with Gasteiger partial charge in [0.05, 0.1) is 29.8 Å². The van der Waals surface area contributed by atoms with Gasteiger partial charge in [-0.2, -0.15) is 0 Å². The number of hydrogen-bond donors (Lipinski definition) is 0. The zero-order chi connectivity index (χ0) is 16.8. The Morgan fingerprint density at radius 2 is 1.92 bits per heavy atom. The number of thiazole rings is 1. The second-order valence-electron chi connectivity index (χ2n) is 5.15. The molecule has 0 aliphatic rings. The van der Waals surface area contributed by atoms with E-state index in [1.54, 1.807) is 11.5 Å². The summed E-state index contributed by atoms with van der Waals surface area (Å²) in [6.07, 6.45) is 1.92. The van der Waals surface area contributed by atoms with Crippen LogP contribution in [0.15, 0.2) is 41.2 Å². The Kier molecular flexibility index (Phi) is 4.25. The maximum atomic E-state index is 12.8. The summed E-state index contributed by atoms with van der Waals surface area (Å²) in [5.41, 5.74) is 2.66. The first kappa shape index (κ1) is 16.3. The molecule has 4 nitrogen and oxygen atoms in total.